The Morgan fingerprint density at radius 3 is 2.39 bits per heavy atom. The molecule has 150 valence electrons. The van der Waals surface area contributed by atoms with E-state index in [2.05, 4.69) is 11.9 Å². The minimum absolute atomic E-state index is 0.123. The summed E-state index contributed by atoms with van der Waals surface area (Å²) in [4.78, 5) is 22.7. The molecule has 0 bridgehead atoms. The van der Waals surface area contributed by atoms with E-state index in [1.54, 1.807) is 24.3 Å². The van der Waals surface area contributed by atoms with E-state index in [-0.39, 0.29) is 25.5 Å². The highest BCUT2D eigenvalue weighted by Gasteiger charge is 2.09. The van der Waals surface area contributed by atoms with Gasteiger partial charge in [-0.2, -0.15) is 0 Å². The number of phenols is 1. The summed E-state index contributed by atoms with van der Waals surface area (Å²) in [5, 5.41) is 13.7. The van der Waals surface area contributed by atoms with Crippen molar-refractivity contribution in [2.24, 2.45) is 0 Å². The van der Waals surface area contributed by atoms with Crippen LogP contribution in [0, 0.1) is 0 Å². The van der Waals surface area contributed by atoms with Gasteiger partial charge in [-0.15, -0.1) is 0 Å². The number of aromatic hydroxyl groups is 1. The summed E-state index contributed by atoms with van der Waals surface area (Å²) in [6.45, 7) is 4.96. The molecule has 0 radical (unpaired) electrons. The van der Waals surface area contributed by atoms with E-state index >= 15 is 0 Å². The van der Waals surface area contributed by atoms with Crippen molar-refractivity contribution >= 4 is 22.8 Å². The summed E-state index contributed by atoms with van der Waals surface area (Å²) >= 11 is 0. The van der Waals surface area contributed by atoms with Gasteiger partial charge in [0.1, 0.15) is 18.1 Å². The van der Waals surface area contributed by atoms with Crippen LogP contribution in [0.4, 0.5) is 4.79 Å². The summed E-state index contributed by atoms with van der Waals surface area (Å²) in [5.74, 6) is -0.00618. The number of benzene rings is 2. The van der Waals surface area contributed by atoms with Gasteiger partial charge >= 0.3 is 12.1 Å². The number of ether oxygens (including phenoxy) is 4. The Bertz CT molecular complexity index is 806. The second-order valence-corrected chi connectivity index (χ2v) is 5.54. The monoisotopic (exact) mass is 389 g/mol. The van der Waals surface area contributed by atoms with Crippen LogP contribution in [0.2, 0.25) is 0 Å². The molecular formula is C20H23NO7. The molecule has 0 atom stereocenters. The second-order valence-electron chi connectivity index (χ2n) is 5.54. The third-order valence-corrected chi connectivity index (χ3v) is 3.59. The minimum atomic E-state index is -0.611. The molecule has 0 aliphatic rings. The van der Waals surface area contributed by atoms with Gasteiger partial charge in [-0.25, -0.2) is 9.59 Å². The van der Waals surface area contributed by atoms with E-state index in [1.165, 1.54) is 12.1 Å². The average molecular weight is 389 g/mol. The van der Waals surface area contributed by atoms with Crippen LogP contribution in [0.5, 0.6) is 11.5 Å². The minimum Gasteiger partial charge on any atom is -0.507 e. The quantitative estimate of drug-likeness (QED) is 0.345. The molecular weight excluding hydrogens is 366 g/mol. The van der Waals surface area contributed by atoms with Crippen LogP contribution in [0.3, 0.4) is 0 Å². The molecule has 0 spiro atoms. The first-order valence-corrected chi connectivity index (χ1v) is 8.73. The zero-order chi connectivity index (χ0) is 20.2. The first-order valence-electron chi connectivity index (χ1n) is 8.73. The summed E-state index contributed by atoms with van der Waals surface area (Å²) in [6, 6.07) is 10.1. The number of carbonyl (C=O) groups excluding carboxylic acids is 2. The van der Waals surface area contributed by atoms with Crippen LogP contribution >= 0.6 is 0 Å². The second kappa shape index (κ2) is 11.6. The first kappa shape index (κ1) is 21.2. The highest BCUT2D eigenvalue weighted by molar-refractivity contribution is 5.94. The van der Waals surface area contributed by atoms with Crippen molar-refractivity contribution < 1.29 is 33.6 Å². The Morgan fingerprint density at radius 1 is 0.964 bits per heavy atom. The predicted octanol–water partition coefficient (Wildman–Crippen LogP) is 2.40. The molecule has 0 aromatic heterocycles. The van der Waals surface area contributed by atoms with E-state index in [0.717, 1.165) is 6.08 Å². The third-order valence-electron chi connectivity index (χ3n) is 3.59. The Morgan fingerprint density at radius 2 is 1.64 bits per heavy atom. The van der Waals surface area contributed by atoms with E-state index < -0.39 is 12.1 Å². The molecule has 2 aromatic rings. The van der Waals surface area contributed by atoms with E-state index in [9.17, 15) is 14.7 Å². The van der Waals surface area contributed by atoms with E-state index in [4.69, 9.17) is 18.9 Å². The largest absolute Gasteiger partial charge is 0.507 e. The summed E-state index contributed by atoms with van der Waals surface area (Å²) in [6.07, 6.45) is 0.477. The zero-order valence-corrected chi connectivity index (χ0v) is 15.4. The van der Waals surface area contributed by atoms with Crippen LogP contribution in [-0.2, 0) is 19.0 Å². The molecule has 2 rings (SSSR count). The molecule has 8 heteroatoms. The molecule has 0 fully saturated rings. The van der Waals surface area contributed by atoms with Gasteiger partial charge in [0.2, 0.25) is 0 Å². The zero-order valence-electron chi connectivity index (χ0n) is 15.4. The fourth-order valence-corrected chi connectivity index (χ4v) is 2.29. The van der Waals surface area contributed by atoms with Gasteiger partial charge in [-0.05, 0) is 12.1 Å². The van der Waals surface area contributed by atoms with Gasteiger partial charge in [-0.1, -0.05) is 30.8 Å². The molecule has 28 heavy (non-hydrogen) atoms. The molecule has 1 amide bonds. The molecule has 2 aromatic carbocycles. The van der Waals surface area contributed by atoms with Gasteiger partial charge < -0.3 is 29.4 Å². The normalized spacial score (nSPS) is 10.4. The smallest absolute Gasteiger partial charge is 0.412 e. The fraction of sp³-hybridized carbons (Fsp3) is 0.300. The van der Waals surface area contributed by atoms with Crippen molar-refractivity contribution in [3.8, 4) is 11.5 Å². The van der Waals surface area contributed by atoms with Crippen LogP contribution in [0.1, 0.15) is 0 Å². The van der Waals surface area contributed by atoms with Gasteiger partial charge in [0.05, 0.1) is 26.4 Å². The van der Waals surface area contributed by atoms with Crippen LogP contribution in [0.15, 0.2) is 49.1 Å². The Hall–Kier alpha value is -3.10. The number of phenolic OH excluding ortho intramolecular Hbond substituents is 1. The highest BCUT2D eigenvalue weighted by atomic mass is 16.6. The molecule has 0 aliphatic heterocycles. The van der Waals surface area contributed by atoms with Gasteiger partial charge in [0, 0.05) is 23.4 Å². The summed E-state index contributed by atoms with van der Waals surface area (Å²) in [7, 11) is 0. The first-order chi connectivity index (χ1) is 13.6. The van der Waals surface area contributed by atoms with Crippen molar-refractivity contribution in [3.05, 3.63) is 49.1 Å². The van der Waals surface area contributed by atoms with Crippen molar-refractivity contribution in [3.63, 3.8) is 0 Å². The number of carbonyl (C=O) groups is 2. The number of hydrogen-bond donors (Lipinski definition) is 2. The summed E-state index contributed by atoms with van der Waals surface area (Å²) in [5.41, 5.74) is 0. The number of amides is 1. The van der Waals surface area contributed by atoms with Gasteiger partial charge in [-0.3, -0.25) is 0 Å². The number of rotatable bonds is 11. The van der Waals surface area contributed by atoms with Crippen molar-refractivity contribution in [1.29, 1.82) is 0 Å². The van der Waals surface area contributed by atoms with Crippen molar-refractivity contribution in [1.82, 2.24) is 5.32 Å². The maximum Gasteiger partial charge on any atom is 0.412 e. The Kier molecular flexibility index (Phi) is 8.77. The van der Waals surface area contributed by atoms with Crippen LogP contribution < -0.4 is 10.1 Å². The predicted molar refractivity (Wildman–Crippen MR) is 102 cm³/mol. The fourth-order valence-electron chi connectivity index (χ4n) is 2.29. The van der Waals surface area contributed by atoms with Crippen LogP contribution in [-0.4, -0.2) is 56.7 Å². The lowest BCUT2D eigenvalue weighted by molar-refractivity contribution is -0.139. The number of esters is 1. The maximum absolute atomic E-state index is 11.9. The third kappa shape index (κ3) is 6.90. The molecule has 0 heterocycles. The number of nitrogens with one attached hydrogen (secondary N) is 1. The Labute approximate surface area is 162 Å². The van der Waals surface area contributed by atoms with Crippen molar-refractivity contribution in [2.45, 2.75) is 0 Å². The molecule has 2 N–H and O–H groups in total. The lowest BCUT2D eigenvalue weighted by Crippen LogP contribution is -2.30. The van der Waals surface area contributed by atoms with Crippen molar-refractivity contribution in [2.75, 3.05) is 39.6 Å². The average Bonchev–Trinajstić information content (AvgIpc) is 2.71. The lowest BCUT2D eigenvalue weighted by Gasteiger charge is -2.10. The molecule has 0 aliphatic carbocycles. The van der Waals surface area contributed by atoms with E-state index in [0.29, 0.717) is 36.3 Å². The highest BCUT2D eigenvalue weighted by Crippen LogP contribution is 2.32. The lowest BCUT2D eigenvalue weighted by atomic mass is 10.1. The molecule has 8 nitrogen and oxygen atoms in total. The van der Waals surface area contributed by atoms with Gasteiger partial charge in [0.15, 0.2) is 0 Å². The van der Waals surface area contributed by atoms with Gasteiger partial charge in [0.25, 0.3) is 0 Å². The molecule has 0 unspecified atom stereocenters. The van der Waals surface area contributed by atoms with Crippen LogP contribution in [0.25, 0.3) is 10.8 Å². The number of hydrogen-bond acceptors (Lipinski definition) is 7. The standard InChI is InChI=1S/C20H23NO7/c1-2-19(23)27-14-13-26-12-11-25-10-9-21-20(24)28-18-8-7-17(22)15-5-3-4-6-16(15)18/h2-8,22H,1,9-14H2,(H,21,24). The molecule has 0 saturated heterocycles. The van der Waals surface area contributed by atoms with E-state index in [1.807, 2.05) is 0 Å². The topological polar surface area (TPSA) is 103 Å². The molecule has 0 saturated carbocycles. The Balaban J connectivity index is 1.58. The maximum atomic E-state index is 11.9. The SMILES string of the molecule is C=CC(=O)OCCOCCOCCNC(=O)Oc1ccc(O)c2ccccc12. The summed E-state index contributed by atoms with van der Waals surface area (Å²) < 4.78 is 20.6. The number of fused-ring (bicyclic) bond motifs is 1.